The van der Waals surface area contributed by atoms with E-state index in [1.165, 1.54) is 17.3 Å². The van der Waals surface area contributed by atoms with Crippen LogP contribution < -0.4 is 0 Å². The van der Waals surface area contributed by atoms with Crippen molar-refractivity contribution in [1.82, 2.24) is 0 Å². The van der Waals surface area contributed by atoms with Crippen LogP contribution in [0.1, 0.15) is 11.1 Å². The van der Waals surface area contributed by atoms with E-state index in [1.54, 1.807) is 18.2 Å². The van der Waals surface area contributed by atoms with Crippen molar-refractivity contribution in [2.24, 2.45) is 0 Å². The number of benzene rings is 2. The lowest BCUT2D eigenvalue weighted by molar-refractivity contribution is -0.136. The van der Waals surface area contributed by atoms with Gasteiger partial charge in [0.2, 0.25) is 0 Å². The number of hydrogen-bond donors (Lipinski definition) is 2. The van der Waals surface area contributed by atoms with Crippen LogP contribution in [0.25, 0.3) is 0 Å². The Balaban J connectivity index is 0.000000154. The van der Waals surface area contributed by atoms with Crippen molar-refractivity contribution < 1.29 is 14.7 Å². The van der Waals surface area contributed by atoms with Crippen molar-refractivity contribution in [3.05, 3.63) is 59.7 Å². The van der Waals surface area contributed by atoms with Crippen molar-refractivity contribution in [1.29, 1.82) is 0 Å². The molecule has 2 aromatic carbocycles. The highest BCUT2D eigenvalue weighted by atomic mass is 32.2. The largest absolute Gasteiger partial charge is 0.481 e. The number of carboxylic acids is 1. The van der Waals surface area contributed by atoms with E-state index in [0.717, 1.165) is 15.4 Å². The van der Waals surface area contributed by atoms with Gasteiger partial charge in [-0.05, 0) is 23.3 Å². The van der Waals surface area contributed by atoms with Crippen LogP contribution in [-0.2, 0) is 22.4 Å². The second-order valence-electron chi connectivity index (χ2n) is 4.46. The molecule has 3 nitrogen and oxygen atoms in total. The maximum atomic E-state index is 10.9. The van der Waals surface area contributed by atoms with Crippen LogP contribution in [0, 0.1) is 0 Å². The summed E-state index contributed by atoms with van der Waals surface area (Å²) in [6.07, 6.45) is 0.653. The summed E-state index contributed by atoms with van der Waals surface area (Å²) in [6, 6.07) is 15.1. The van der Waals surface area contributed by atoms with Gasteiger partial charge in [0.25, 0.3) is 0 Å². The van der Waals surface area contributed by atoms with Gasteiger partial charge < -0.3 is 5.11 Å². The number of hydrogen-bond acceptors (Lipinski definition) is 4. The van der Waals surface area contributed by atoms with Gasteiger partial charge in [-0.25, -0.2) is 0 Å². The number of rotatable bonds is 2. The van der Waals surface area contributed by atoms with Crippen LogP contribution in [0.5, 0.6) is 0 Å². The van der Waals surface area contributed by atoms with Gasteiger partial charge in [0, 0.05) is 16.2 Å². The number of carbonyl (C=O) groups is 2. The minimum Gasteiger partial charge on any atom is -0.481 e. The van der Waals surface area contributed by atoms with E-state index in [9.17, 15) is 9.59 Å². The van der Waals surface area contributed by atoms with Crippen LogP contribution >= 0.6 is 24.4 Å². The van der Waals surface area contributed by atoms with Gasteiger partial charge in [-0.1, -0.05) is 48.2 Å². The Hall–Kier alpha value is -1.72. The Morgan fingerprint density at radius 3 is 2.48 bits per heavy atom. The number of fused-ring (bicyclic) bond motifs is 1. The van der Waals surface area contributed by atoms with E-state index in [-0.39, 0.29) is 11.5 Å². The lowest BCUT2D eigenvalue weighted by atomic mass is 10.1. The Bertz CT molecular complexity index is 641. The zero-order valence-corrected chi connectivity index (χ0v) is 12.9. The zero-order valence-electron chi connectivity index (χ0n) is 11.2. The summed E-state index contributed by atoms with van der Waals surface area (Å²) in [6.45, 7) is 0. The maximum absolute atomic E-state index is 10.9. The first-order valence-electron chi connectivity index (χ1n) is 6.33. The molecule has 0 fully saturated rings. The summed E-state index contributed by atoms with van der Waals surface area (Å²) in [5, 5.41) is 8.72. The molecule has 0 atom stereocenters. The normalized spacial score (nSPS) is 12.3. The van der Waals surface area contributed by atoms with Gasteiger partial charge in [0.1, 0.15) is 0 Å². The van der Waals surface area contributed by atoms with E-state index in [0.29, 0.717) is 6.42 Å². The van der Waals surface area contributed by atoms with Crippen LogP contribution in [0.15, 0.2) is 58.3 Å². The molecule has 1 aliphatic heterocycles. The summed E-state index contributed by atoms with van der Waals surface area (Å²) in [7, 11) is 0. The summed E-state index contributed by atoms with van der Waals surface area (Å²) >= 11 is 5.46. The molecule has 0 spiro atoms. The van der Waals surface area contributed by atoms with Crippen LogP contribution in [-0.4, -0.2) is 16.2 Å². The molecule has 0 aliphatic carbocycles. The fourth-order valence-electron chi connectivity index (χ4n) is 1.89. The molecular formula is C16H14O3S2. The minimum atomic E-state index is -0.827. The highest BCUT2D eigenvalue weighted by Gasteiger charge is 2.17. The molecular weight excluding hydrogens is 304 g/mol. The van der Waals surface area contributed by atoms with Gasteiger partial charge in [-0.15, -0.1) is 12.6 Å². The van der Waals surface area contributed by atoms with E-state index in [2.05, 4.69) is 12.6 Å². The molecule has 5 heteroatoms. The molecule has 108 valence electrons. The van der Waals surface area contributed by atoms with Gasteiger partial charge in [0.05, 0.1) is 6.42 Å². The highest BCUT2D eigenvalue weighted by molar-refractivity contribution is 8.14. The summed E-state index contributed by atoms with van der Waals surface area (Å²) in [5.41, 5.74) is 1.93. The lowest BCUT2D eigenvalue weighted by Gasteiger charge is -1.99. The smallest absolute Gasteiger partial charge is 0.307 e. The van der Waals surface area contributed by atoms with E-state index in [4.69, 9.17) is 5.11 Å². The molecule has 0 radical (unpaired) electrons. The predicted molar refractivity (Wildman–Crippen MR) is 86.0 cm³/mol. The predicted octanol–water partition coefficient (Wildman–Crippen LogP) is 3.46. The van der Waals surface area contributed by atoms with Gasteiger partial charge in [-0.3, -0.25) is 9.59 Å². The quantitative estimate of drug-likeness (QED) is 0.833. The molecule has 0 unspecified atom stereocenters. The number of carboxylic acid groups (broad SMARTS) is 1. The Morgan fingerprint density at radius 2 is 1.81 bits per heavy atom. The Labute approximate surface area is 132 Å². The van der Waals surface area contributed by atoms with Crippen LogP contribution in [0.3, 0.4) is 0 Å². The fraction of sp³-hybridized carbons (Fsp3) is 0.125. The van der Waals surface area contributed by atoms with Gasteiger partial charge in [-0.2, -0.15) is 0 Å². The first-order chi connectivity index (χ1) is 10.1. The molecule has 0 saturated carbocycles. The number of aliphatic carboxylic acids is 1. The molecule has 1 aliphatic rings. The van der Waals surface area contributed by atoms with Crippen molar-refractivity contribution in [2.75, 3.05) is 0 Å². The third kappa shape index (κ3) is 4.65. The van der Waals surface area contributed by atoms with Crippen molar-refractivity contribution >= 4 is 35.5 Å². The fourth-order valence-corrected chi connectivity index (χ4v) is 3.02. The topological polar surface area (TPSA) is 54.4 Å². The molecule has 0 bridgehead atoms. The van der Waals surface area contributed by atoms with Gasteiger partial charge in [0.15, 0.2) is 5.12 Å². The Kier molecular flexibility index (Phi) is 5.47. The van der Waals surface area contributed by atoms with E-state index in [1.807, 2.05) is 30.3 Å². The summed E-state index contributed by atoms with van der Waals surface area (Å²) in [4.78, 5) is 23.0. The monoisotopic (exact) mass is 318 g/mol. The number of thioether (sulfide) groups is 1. The molecule has 0 saturated heterocycles. The first-order valence-corrected chi connectivity index (χ1v) is 7.60. The molecule has 0 aromatic heterocycles. The first kappa shape index (κ1) is 15.7. The van der Waals surface area contributed by atoms with Crippen molar-refractivity contribution in [3.8, 4) is 0 Å². The number of thiol groups is 1. The SMILES string of the molecule is O=C(O)Cc1ccccc1S.O=C1Cc2ccccc2S1. The number of carbonyl (C=O) groups excluding carboxylic acids is 1. The zero-order chi connectivity index (χ0) is 15.2. The van der Waals surface area contributed by atoms with Gasteiger partial charge >= 0.3 is 5.97 Å². The average Bonchev–Trinajstić information content (AvgIpc) is 2.81. The van der Waals surface area contributed by atoms with Crippen molar-refractivity contribution in [3.63, 3.8) is 0 Å². The van der Waals surface area contributed by atoms with Crippen molar-refractivity contribution in [2.45, 2.75) is 22.6 Å². The molecule has 3 rings (SSSR count). The highest BCUT2D eigenvalue weighted by Crippen LogP contribution is 2.31. The molecule has 2 aromatic rings. The minimum absolute atomic E-state index is 0.0413. The molecule has 0 amide bonds. The molecule has 1 N–H and O–H groups in total. The lowest BCUT2D eigenvalue weighted by Crippen LogP contribution is -2.00. The summed E-state index contributed by atoms with van der Waals surface area (Å²) < 4.78 is 0. The second-order valence-corrected chi connectivity index (χ2v) is 6.04. The van der Waals surface area contributed by atoms with Crippen LogP contribution in [0.2, 0.25) is 0 Å². The molecule has 1 heterocycles. The summed E-state index contributed by atoms with van der Waals surface area (Å²) in [5.74, 6) is -0.827. The van der Waals surface area contributed by atoms with E-state index < -0.39 is 5.97 Å². The third-order valence-corrected chi connectivity index (χ3v) is 4.29. The maximum Gasteiger partial charge on any atom is 0.307 e. The molecule has 21 heavy (non-hydrogen) atoms. The average molecular weight is 318 g/mol. The van der Waals surface area contributed by atoms with E-state index >= 15 is 0 Å². The standard InChI is InChI=1S/C8H8O2S.C8H6OS/c9-8(10)5-6-3-1-2-4-7(6)11;9-8-5-6-3-1-2-4-7(6)10-8/h1-4,11H,5H2,(H,9,10);1-4H,5H2. The second kappa shape index (κ2) is 7.33. The third-order valence-electron chi connectivity index (χ3n) is 2.86. The Morgan fingerprint density at radius 1 is 1.14 bits per heavy atom. The van der Waals surface area contributed by atoms with Crippen LogP contribution in [0.4, 0.5) is 0 Å².